The summed E-state index contributed by atoms with van der Waals surface area (Å²) in [6.07, 6.45) is 0.415. The van der Waals surface area contributed by atoms with E-state index in [9.17, 15) is 8.78 Å². The minimum atomic E-state index is -0.851. The molecule has 0 aliphatic carbocycles. The zero-order chi connectivity index (χ0) is 11.8. The lowest BCUT2D eigenvalue weighted by Gasteiger charge is -2.13. The molecule has 0 aromatic heterocycles. The highest BCUT2D eigenvalue weighted by Gasteiger charge is 2.27. The van der Waals surface area contributed by atoms with Gasteiger partial charge in [-0.3, -0.25) is 0 Å². The Bertz CT molecular complexity index is 469. The minimum absolute atomic E-state index is 0.407. The molecule has 3 rings (SSSR count). The van der Waals surface area contributed by atoms with Crippen molar-refractivity contribution in [3.63, 3.8) is 0 Å². The van der Waals surface area contributed by atoms with E-state index in [0.717, 1.165) is 37.0 Å². The predicted molar refractivity (Wildman–Crippen MR) is 57.8 cm³/mol. The van der Waals surface area contributed by atoms with Crippen LogP contribution in [0.15, 0.2) is 29.7 Å². The number of halogens is 2. The maximum atomic E-state index is 13.1. The van der Waals surface area contributed by atoms with Crippen molar-refractivity contribution in [3.05, 3.63) is 46.9 Å². The molecule has 90 valence electrons. The lowest BCUT2D eigenvalue weighted by molar-refractivity contribution is 0.123. The van der Waals surface area contributed by atoms with E-state index >= 15 is 0 Å². The van der Waals surface area contributed by atoms with Crippen molar-refractivity contribution in [3.8, 4) is 0 Å². The second kappa shape index (κ2) is 4.00. The molecule has 1 atom stereocenters. The molecule has 0 amide bonds. The summed E-state index contributed by atoms with van der Waals surface area (Å²) in [5.41, 5.74) is 1.60. The number of nitrogens with one attached hydrogen (secondary N) is 2. The van der Waals surface area contributed by atoms with E-state index in [1.54, 1.807) is 0 Å². The molecular weight excluding hydrogens is 226 g/mol. The van der Waals surface area contributed by atoms with Gasteiger partial charge in [0.2, 0.25) is 0 Å². The van der Waals surface area contributed by atoms with Crippen molar-refractivity contribution in [2.24, 2.45) is 0 Å². The van der Waals surface area contributed by atoms with E-state index in [1.165, 1.54) is 12.1 Å². The van der Waals surface area contributed by atoms with Gasteiger partial charge in [-0.1, -0.05) is 6.07 Å². The first-order chi connectivity index (χ1) is 8.24. The fourth-order valence-electron chi connectivity index (χ4n) is 2.08. The van der Waals surface area contributed by atoms with E-state index in [0.29, 0.717) is 5.56 Å². The third-order valence-corrected chi connectivity index (χ3v) is 2.98. The van der Waals surface area contributed by atoms with Crippen LogP contribution >= 0.6 is 0 Å². The largest absolute Gasteiger partial charge is 0.469 e. The van der Waals surface area contributed by atoms with Gasteiger partial charge in [0.15, 0.2) is 17.9 Å². The second-order valence-corrected chi connectivity index (χ2v) is 4.14. The Morgan fingerprint density at radius 2 is 2.12 bits per heavy atom. The molecule has 2 heterocycles. The van der Waals surface area contributed by atoms with Gasteiger partial charge in [0.05, 0.1) is 5.70 Å². The Morgan fingerprint density at radius 1 is 1.24 bits per heavy atom. The highest BCUT2D eigenvalue weighted by molar-refractivity contribution is 5.26. The third kappa shape index (κ3) is 1.86. The summed E-state index contributed by atoms with van der Waals surface area (Å²) < 4.78 is 31.6. The average Bonchev–Trinajstić information content (AvgIpc) is 2.76. The van der Waals surface area contributed by atoms with Crippen LogP contribution < -0.4 is 10.6 Å². The molecule has 2 aliphatic rings. The number of benzene rings is 1. The average molecular weight is 238 g/mol. The first-order valence-corrected chi connectivity index (χ1v) is 5.55. The van der Waals surface area contributed by atoms with Crippen LogP contribution in [-0.4, -0.2) is 13.1 Å². The van der Waals surface area contributed by atoms with Crippen molar-refractivity contribution in [1.82, 2.24) is 10.6 Å². The molecule has 17 heavy (non-hydrogen) atoms. The number of rotatable bonds is 1. The molecule has 1 unspecified atom stereocenters. The fourth-order valence-corrected chi connectivity index (χ4v) is 2.08. The number of hydrogen-bond donors (Lipinski definition) is 2. The van der Waals surface area contributed by atoms with Crippen LogP contribution in [0.1, 0.15) is 18.2 Å². The highest BCUT2D eigenvalue weighted by Crippen LogP contribution is 2.30. The summed E-state index contributed by atoms with van der Waals surface area (Å²) in [5.74, 6) is -0.777. The van der Waals surface area contributed by atoms with Gasteiger partial charge < -0.3 is 15.4 Å². The summed E-state index contributed by atoms with van der Waals surface area (Å²) in [6.45, 7) is 1.61. The number of hydrogen-bond acceptors (Lipinski definition) is 3. The first kappa shape index (κ1) is 10.5. The van der Waals surface area contributed by atoms with Gasteiger partial charge in [0.25, 0.3) is 0 Å². The Kier molecular flexibility index (Phi) is 2.48. The quantitative estimate of drug-likeness (QED) is 0.782. The molecule has 0 spiro atoms. The molecule has 2 N–H and O–H groups in total. The van der Waals surface area contributed by atoms with Crippen LogP contribution in [0.4, 0.5) is 8.78 Å². The molecule has 3 nitrogen and oxygen atoms in total. The summed E-state index contributed by atoms with van der Waals surface area (Å²) in [4.78, 5) is 0. The molecule has 1 aromatic carbocycles. The Balaban J connectivity index is 1.81. The minimum Gasteiger partial charge on any atom is -0.469 e. The summed E-state index contributed by atoms with van der Waals surface area (Å²) in [6, 6.07) is 3.81. The molecule has 1 aromatic rings. The summed E-state index contributed by atoms with van der Waals surface area (Å²) in [5, 5.41) is 6.38. The van der Waals surface area contributed by atoms with E-state index in [1.807, 2.05) is 0 Å². The van der Waals surface area contributed by atoms with Gasteiger partial charge in [-0.15, -0.1) is 0 Å². The molecular formula is C12H12F2N2O. The van der Waals surface area contributed by atoms with Gasteiger partial charge in [-0.05, 0) is 12.1 Å². The van der Waals surface area contributed by atoms with Crippen LogP contribution in [0.3, 0.4) is 0 Å². The van der Waals surface area contributed by atoms with Gasteiger partial charge in [0.1, 0.15) is 5.76 Å². The normalized spacial score (nSPS) is 23.1. The smallest absolute Gasteiger partial charge is 0.196 e. The van der Waals surface area contributed by atoms with Gasteiger partial charge in [-0.25, -0.2) is 8.78 Å². The Morgan fingerprint density at radius 3 is 2.88 bits per heavy atom. The molecule has 0 bridgehead atoms. The maximum absolute atomic E-state index is 13.1. The lowest BCUT2D eigenvalue weighted by atomic mass is 10.2. The third-order valence-electron chi connectivity index (χ3n) is 2.98. The monoisotopic (exact) mass is 238 g/mol. The maximum Gasteiger partial charge on any atom is 0.196 e. The van der Waals surface area contributed by atoms with Crippen molar-refractivity contribution in [1.29, 1.82) is 0 Å². The van der Waals surface area contributed by atoms with Crippen LogP contribution in [0.25, 0.3) is 0 Å². The van der Waals surface area contributed by atoms with Crippen molar-refractivity contribution in [2.45, 2.75) is 12.6 Å². The van der Waals surface area contributed by atoms with Gasteiger partial charge in [0, 0.05) is 25.1 Å². The van der Waals surface area contributed by atoms with E-state index in [4.69, 9.17) is 4.74 Å². The van der Waals surface area contributed by atoms with Crippen LogP contribution in [0, 0.1) is 11.6 Å². The van der Waals surface area contributed by atoms with E-state index < -0.39 is 17.9 Å². The molecule has 0 fully saturated rings. The van der Waals surface area contributed by atoms with Crippen LogP contribution in [0.5, 0.6) is 0 Å². The zero-order valence-corrected chi connectivity index (χ0v) is 9.09. The summed E-state index contributed by atoms with van der Waals surface area (Å²) in [7, 11) is 0. The molecule has 0 saturated carbocycles. The van der Waals surface area contributed by atoms with Crippen molar-refractivity contribution < 1.29 is 13.5 Å². The van der Waals surface area contributed by atoms with Crippen LogP contribution in [0.2, 0.25) is 0 Å². The molecule has 5 heteroatoms. The summed E-state index contributed by atoms with van der Waals surface area (Å²) >= 11 is 0. The van der Waals surface area contributed by atoms with E-state index in [-0.39, 0.29) is 0 Å². The number of ether oxygens (including phenoxy) is 1. The fraction of sp³-hybridized carbons (Fsp3) is 0.333. The predicted octanol–water partition coefficient (Wildman–Crippen LogP) is 1.79. The van der Waals surface area contributed by atoms with E-state index in [2.05, 4.69) is 10.6 Å². The van der Waals surface area contributed by atoms with Gasteiger partial charge >= 0.3 is 0 Å². The molecule has 0 radical (unpaired) electrons. The van der Waals surface area contributed by atoms with Crippen LogP contribution in [-0.2, 0) is 4.74 Å². The first-order valence-electron chi connectivity index (χ1n) is 5.55. The van der Waals surface area contributed by atoms with Gasteiger partial charge in [-0.2, -0.15) is 0 Å². The Hall–Kier alpha value is -1.62. The zero-order valence-electron chi connectivity index (χ0n) is 9.09. The van der Waals surface area contributed by atoms with Crippen molar-refractivity contribution >= 4 is 0 Å². The standard InChI is InChI=1S/C12H12F2N2O/c13-8-2-1-7(5-9(8)14)12-16-10-6-15-4-3-11(10)17-12/h1-2,5,12,15-16H,3-4,6H2. The topological polar surface area (TPSA) is 33.3 Å². The molecule has 2 aliphatic heterocycles. The molecule has 0 saturated heterocycles. The highest BCUT2D eigenvalue weighted by atomic mass is 19.2. The second-order valence-electron chi connectivity index (χ2n) is 4.14. The Labute approximate surface area is 97.5 Å². The van der Waals surface area contributed by atoms with Crippen molar-refractivity contribution in [2.75, 3.05) is 13.1 Å². The SMILES string of the molecule is Fc1ccc(C2NC3=C(CCNC3)O2)cc1F. The lowest BCUT2D eigenvalue weighted by Crippen LogP contribution is -2.28.